The normalized spacial score (nSPS) is 13.6. The Balaban J connectivity index is 2.07. The van der Waals surface area contributed by atoms with Gasteiger partial charge in [-0.3, -0.25) is 4.79 Å². The van der Waals surface area contributed by atoms with Crippen molar-refractivity contribution < 1.29 is 4.79 Å². The first-order chi connectivity index (χ1) is 9.81. The lowest BCUT2D eigenvalue weighted by molar-refractivity contribution is -0.124. The number of benzene rings is 1. The summed E-state index contributed by atoms with van der Waals surface area (Å²) < 4.78 is 0. The fourth-order valence-electron chi connectivity index (χ4n) is 2.18. The highest BCUT2D eigenvalue weighted by molar-refractivity contribution is 5.86. The molecule has 21 heavy (non-hydrogen) atoms. The van der Waals surface area contributed by atoms with Crippen molar-refractivity contribution in [3.05, 3.63) is 36.0 Å². The summed E-state index contributed by atoms with van der Waals surface area (Å²) in [5.41, 5.74) is 7.98. The number of nitrogens with two attached hydrogens (primary N) is 1. The van der Waals surface area contributed by atoms with Crippen molar-refractivity contribution in [2.75, 3.05) is 0 Å². The number of H-pyrrole nitrogens is 1. The lowest BCUT2D eigenvalue weighted by Gasteiger charge is -2.31. The maximum absolute atomic E-state index is 12.3. The number of carbonyl (C=O) groups is 1. The second-order valence-corrected chi connectivity index (χ2v) is 6.54. The Labute approximate surface area is 126 Å². The molecule has 4 N–H and O–H groups in total. The number of hydrogen-bond donors (Lipinski definition) is 3. The van der Waals surface area contributed by atoms with Crippen LogP contribution in [0.2, 0.25) is 0 Å². The van der Waals surface area contributed by atoms with Crippen LogP contribution in [0.5, 0.6) is 0 Å². The quantitative estimate of drug-likeness (QED) is 0.791. The molecular weight excluding hydrogens is 262 g/mol. The molecular formula is C17H25N3O. The average Bonchev–Trinajstić information content (AvgIpc) is 2.81. The number of aromatic nitrogens is 1. The fourth-order valence-corrected chi connectivity index (χ4v) is 2.18. The minimum atomic E-state index is -0.540. The summed E-state index contributed by atoms with van der Waals surface area (Å²) in [4.78, 5) is 15.5. The van der Waals surface area contributed by atoms with E-state index in [2.05, 4.69) is 24.1 Å². The Hall–Kier alpha value is -1.81. The van der Waals surface area contributed by atoms with E-state index in [1.807, 2.05) is 44.3 Å². The second-order valence-electron chi connectivity index (χ2n) is 6.54. The number of para-hydroxylation sites is 1. The molecule has 1 amide bonds. The van der Waals surface area contributed by atoms with Crippen LogP contribution in [0, 0.1) is 5.92 Å². The van der Waals surface area contributed by atoms with Crippen molar-refractivity contribution in [2.45, 2.75) is 45.7 Å². The zero-order valence-corrected chi connectivity index (χ0v) is 13.2. The van der Waals surface area contributed by atoms with Crippen LogP contribution < -0.4 is 11.1 Å². The predicted octanol–water partition coefficient (Wildman–Crippen LogP) is 2.59. The molecule has 1 aromatic heterocycles. The highest BCUT2D eigenvalue weighted by Gasteiger charge is 2.27. The fraction of sp³-hybridized carbons (Fsp3) is 0.471. The summed E-state index contributed by atoms with van der Waals surface area (Å²) in [5, 5.41) is 4.17. The van der Waals surface area contributed by atoms with Crippen molar-refractivity contribution in [1.82, 2.24) is 10.3 Å². The summed E-state index contributed by atoms with van der Waals surface area (Å²) in [6.45, 7) is 8.22. The van der Waals surface area contributed by atoms with Gasteiger partial charge in [0.15, 0.2) is 0 Å². The molecule has 0 aliphatic heterocycles. The third kappa shape index (κ3) is 3.45. The number of aromatic amines is 1. The molecule has 4 heteroatoms. The highest BCUT2D eigenvalue weighted by atomic mass is 16.2. The summed E-state index contributed by atoms with van der Waals surface area (Å²) in [7, 11) is 0. The molecule has 0 aliphatic carbocycles. The number of nitrogens with one attached hydrogen (secondary N) is 2. The largest absolute Gasteiger partial charge is 0.361 e. The topological polar surface area (TPSA) is 70.9 Å². The molecule has 2 rings (SSSR count). The first-order valence-electron chi connectivity index (χ1n) is 7.44. The number of hydrogen-bond acceptors (Lipinski definition) is 2. The van der Waals surface area contributed by atoms with Gasteiger partial charge in [-0.05, 0) is 37.8 Å². The summed E-state index contributed by atoms with van der Waals surface area (Å²) in [6, 6.07) is 7.51. The maximum atomic E-state index is 12.3. The van der Waals surface area contributed by atoms with Gasteiger partial charge in [-0.15, -0.1) is 0 Å². The van der Waals surface area contributed by atoms with Crippen LogP contribution in [0.15, 0.2) is 30.5 Å². The van der Waals surface area contributed by atoms with Gasteiger partial charge in [0, 0.05) is 22.6 Å². The van der Waals surface area contributed by atoms with E-state index >= 15 is 0 Å². The van der Waals surface area contributed by atoms with Crippen molar-refractivity contribution in [1.29, 1.82) is 0 Å². The molecule has 4 nitrogen and oxygen atoms in total. The van der Waals surface area contributed by atoms with Crippen molar-refractivity contribution >= 4 is 16.8 Å². The van der Waals surface area contributed by atoms with Crippen molar-refractivity contribution in [3.63, 3.8) is 0 Å². The third-order valence-electron chi connectivity index (χ3n) is 4.34. The molecule has 0 saturated heterocycles. The van der Waals surface area contributed by atoms with Crippen LogP contribution in [0.3, 0.4) is 0 Å². The van der Waals surface area contributed by atoms with E-state index in [-0.39, 0.29) is 11.4 Å². The minimum absolute atomic E-state index is 0.0982. The monoisotopic (exact) mass is 287 g/mol. The van der Waals surface area contributed by atoms with Gasteiger partial charge < -0.3 is 16.0 Å². The van der Waals surface area contributed by atoms with Crippen molar-refractivity contribution in [3.8, 4) is 0 Å². The first kappa shape index (κ1) is 15.6. The standard InChI is InChI=1S/C17H25N3O/c1-11(2)17(3,4)20-16(21)14(18)9-12-10-19-15-8-6-5-7-13(12)15/h5-8,10-11,14,19H,9,18H2,1-4H3,(H,20,21)/t14-/m0/s1. The van der Waals surface area contributed by atoms with Gasteiger partial charge >= 0.3 is 0 Å². The number of rotatable bonds is 5. The molecule has 0 saturated carbocycles. The van der Waals surface area contributed by atoms with Crippen LogP contribution in [0.25, 0.3) is 10.9 Å². The molecule has 0 radical (unpaired) electrons. The van der Waals surface area contributed by atoms with E-state index in [1.54, 1.807) is 0 Å². The molecule has 0 spiro atoms. The predicted molar refractivity (Wildman–Crippen MR) is 87.0 cm³/mol. The third-order valence-corrected chi connectivity index (χ3v) is 4.34. The van der Waals surface area contributed by atoms with Crippen LogP contribution in [0.1, 0.15) is 33.3 Å². The average molecular weight is 287 g/mol. The van der Waals surface area contributed by atoms with E-state index in [4.69, 9.17) is 5.73 Å². The number of fused-ring (bicyclic) bond motifs is 1. The van der Waals surface area contributed by atoms with Gasteiger partial charge in [0.05, 0.1) is 6.04 Å². The Morgan fingerprint density at radius 3 is 2.67 bits per heavy atom. The summed E-state index contributed by atoms with van der Waals surface area (Å²) in [6.07, 6.45) is 2.47. The maximum Gasteiger partial charge on any atom is 0.237 e. The SMILES string of the molecule is CC(C)C(C)(C)NC(=O)[C@@H](N)Cc1c[nH]c2ccccc12. The Bertz CT molecular complexity index is 628. The van der Waals surface area contributed by atoms with Gasteiger partial charge in [-0.25, -0.2) is 0 Å². The molecule has 0 bridgehead atoms. The molecule has 0 unspecified atom stereocenters. The van der Waals surface area contributed by atoms with Gasteiger partial charge in [0.1, 0.15) is 0 Å². The van der Waals surface area contributed by atoms with Gasteiger partial charge in [0.25, 0.3) is 0 Å². The van der Waals surface area contributed by atoms with Gasteiger partial charge in [-0.1, -0.05) is 32.0 Å². The molecule has 0 aliphatic rings. The smallest absolute Gasteiger partial charge is 0.237 e. The first-order valence-corrected chi connectivity index (χ1v) is 7.44. The van der Waals surface area contributed by atoms with E-state index in [0.717, 1.165) is 16.5 Å². The van der Waals surface area contributed by atoms with Gasteiger partial charge in [0.2, 0.25) is 5.91 Å². The highest BCUT2D eigenvalue weighted by Crippen LogP contribution is 2.19. The van der Waals surface area contributed by atoms with Crippen molar-refractivity contribution in [2.24, 2.45) is 11.7 Å². The lowest BCUT2D eigenvalue weighted by atomic mass is 9.90. The van der Waals surface area contributed by atoms with Crippen LogP contribution in [0.4, 0.5) is 0 Å². The van der Waals surface area contributed by atoms with Crippen LogP contribution >= 0.6 is 0 Å². The molecule has 1 atom stereocenters. The molecule has 0 fully saturated rings. The van der Waals surface area contributed by atoms with E-state index in [9.17, 15) is 4.79 Å². The lowest BCUT2D eigenvalue weighted by Crippen LogP contribution is -2.53. The van der Waals surface area contributed by atoms with E-state index in [0.29, 0.717) is 12.3 Å². The molecule has 114 valence electrons. The number of amides is 1. The minimum Gasteiger partial charge on any atom is -0.361 e. The second kappa shape index (κ2) is 5.90. The zero-order chi connectivity index (χ0) is 15.6. The Morgan fingerprint density at radius 1 is 1.33 bits per heavy atom. The summed E-state index contributed by atoms with van der Waals surface area (Å²) in [5.74, 6) is 0.251. The zero-order valence-electron chi connectivity index (χ0n) is 13.2. The van der Waals surface area contributed by atoms with E-state index in [1.165, 1.54) is 0 Å². The molecule has 1 aromatic carbocycles. The number of carbonyl (C=O) groups excluding carboxylic acids is 1. The van der Waals surface area contributed by atoms with Gasteiger partial charge in [-0.2, -0.15) is 0 Å². The molecule has 2 aromatic rings. The van der Waals surface area contributed by atoms with Crippen LogP contribution in [-0.4, -0.2) is 22.5 Å². The Morgan fingerprint density at radius 2 is 2.00 bits per heavy atom. The summed E-state index contributed by atoms with van der Waals surface area (Å²) >= 11 is 0. The molecule has 1 heterocycles. The Kier molecular flexibility index (Phi) is 4.37. The van der Waals surface area contributed by atoms with Crippen LogP contribution in [-0.2, 0) is 11.2 Å². The van der Waals surface area contributed by atoms with E-state index < -0.39 is 6.04 Å².